The zero-order valence-corrected chi connectivity index (χ0v) is 14.4. The fraction of sp³-hybridized carbons (Fsp3) is 0.222. The number of non-ortho nitro benzene ring substituents is 1. The second kappa shape index (κ2) is 8.61. The molecule has 0 aliphatic rings. The summed E-state index contributed by atoms with van der Waals surface area (Å²) < 4.78 is 10.3. The van der Waals surface area contributed by atoms with Crippen LogP contribution in [0.4, 0.5) is 11.4 Å². The highest BCUT2D eigenvalue weighted by Gasteiger charge is 2.14. The number of hydrogen-bond acceptors (Lipinski definition) is 6. The van der Waals surface area contributed by atoms with Crippen molar-refractivity contribution in [2.75, 3.05) is 25.2 Å². The molecule has 8 nitrogen and oxygen atoms in total. The minimum Gasteiger partial charge on any atom is -0.484 e. The second-order valence-corrected chi connectivity index (χ2v) is 5.26. The van der Waals surface area contributed by atoms with Gasteiger partial charge >= 0.3 is 5.97 Å². The van der Waals surface area contributed by atoms with Crippen LogP contribution in [0.3, 0.4) is 0 Å². The maximum Gasteiger partial charge on any atom is 0.338 e. The summed E-state index contributed by atoms with van der Waals surface area (Å²) in [5.74, 6) is -0.315. The van der Waals surface area contributed by atoms with Gasteiger partial charge in [-0.25, -0.2) is 4.79 Å². The maximum absolute atomic E-state index is 12.2. The molecule has 0 aromatic heterocycles. The first-order valence-electron chi connectivity index (χ1n) is 7.83. The summed E-state index contributed by atoms with van der Waals surface area (Å²) in [6.45, 7) is 1.80. The van der Waals surface area contributed by atoms with Gasteiger partial charge in [-0.05, 0) is 43.3 Å². The van der Waals surface area contributed by atoms with Gasteiger partial charge in [0.05, 0.1) is 17.1 Å². The van der Waals surface area contributed by atoms with Gasteiger partial charge in [0, 0.05) is 24.9 Å². The molecule has 0 heterocycles. The molecule has 1 amide bonds. The lowest BCUT2D eigenvalue weighted by molar-refractivity contribution is -0.384. The van der Waals surface area contributed by atoms with E-state index in [1.807, 2.05) is 0 Å². The first-order valence-corrected chi connectivity index (χ1v) is 7.83. The number of anilines is 1. The Morgan fingerprint density at radius 2 is 1.69 bits per heavy atom. The summed E-state index contributed by atoms with van der Waals surface area (Å²) in [6, 6.07) is 11.9. The van der Waals surface area contributed by atoms with Crippen molar-refractivity contribution in [3.63, 3.8) is 0 Å². The third kappa shape index (κ3) is 4.79. The fourth-order valence-corrected chi connectivity index (χ4v) is 2.09. The van der Waals surface area contributed by atoms with Crippen LogP contribution in [-0.2, 0) is 9.53 Å². The van der Waals surface area contributed by atoms with Crippen LogP contribution in [-0.4, -0.2) is 37.1 Å². The van der Waals surface area contributed by atoms with Crippen molar-refractivity contribution in [1.29, 1.82) is 0 Å². The van der Waals surface area contributed by atoms with Crippen molar-refractivity contribution >= 4 is 23.3 Å². The van der Waals surface area contributed by atoms with Crippen LogP contribution in [0.25, 0.3) is 0 Å². The number of carbonyl (C=O) groups is 2. The molecule has 2 aromatic rings. The topological polar surface area (TPSA) is 99.0 Å². The molecule has 0 spiro atoms. The van der Waals surface area contributed by atoms with Gasteiger partial charge in [-0.1, -0.05) is 0 Å². The highest BCUT2D eigenvalue weighted by Crippen LogP contribution is 2.19. The van der Waals surface area contributed by atoms with Gasteiger partial charge in [-0.3, -0.25) is 14.9 Å². The number of likely N-dealkylation sites (N-methyl/N-ethyl adjacent to an activating group) is 1. The van der Waals surface area contributed by atoms with Crippen LogP contribution >= 0.6 is 0 Å². The van der Waals surface area contributed by atoms with E-state index in [1.165, 1.54) is 29.2 Å². The molecule has 136 valence electrons. The van der Waals surface area contributed by atoms with Gasteiger partial charge in [0.25, 0.3) is 11.6 Å². The maximum atomic E-state index is 12.2. The van der Waals surface area contributed by atoms with Crippen LogP contribution in [0.15, 0.2) is 48.5 Å². The Morgan fingerprint density at radius 3 is 2.23 bits per heavy atom. The number of ether oxygens (including phenoxy) is 2. The average molecular weight is 358 g/mol. The first kappa shape index (κ1) is 18.9. The number of hydrogen-bond donors (Lipinski definition) is 0. The Bertz CT molecular complexity index is 786. The Labute approximate surface area is 150 Å². The van der Waals surface area contributed by atoms with Crippen molar-refractivity contribution in [3.05, 3.63) is 64.2 Å². The van der Waals surface area contributed by atoms with E-state index in [0.29, 0.717) is 23.6 Å². The lowest BCUT2D eigenvalue weighted by atomic mass is 10.2. The number of rotatable bonds is 7. The Morgan fingerprint density at radius 1 is 1.08 bits per heavy atom. The number of carbonyl (C=O) groups excluding carboxylic acids is 2. The van der Waals surface area contributed by atoms with Crippen molar-refractivity contribution in [2.45, 2.75) is 6.92 Å². The normalized spacial score (nSPS) is 10.1. The number of nitro groups is 1. The fourth-order valence-electron chi connectivity index (χ4n) is 2.09. The highest BCUT2D eigenvalue weighted by atomic mass is 16.6. The minimum absolute atomic E-state index is 0.0486. The van der Waals surface area contributed by atoms with E-state index in [2.05, 4.69) is 0 Å². The lowest BCUT2D eigenvalue weighted by Crippen LogP contribution is -2.31. The zero-order valence-electron chi connectivity index (χ0n) is 14.4. The number of nitrogens with zero attached hydrogens (tertiary/aromatic N) is 2. The van der Waals surface area contributed by atoms with Crippen LogP contribution in [0, 0.1) is 10.1 Å². The van der Waals surface area contributed by atoms with E-state index in [1.54, 1.807) is 38.2 Å². The van der Waals surface area contributed by atoms with Crippen molar-refractivity contribution < 1.29 is 24.0 Å². The van der Waals surface area contributed by atoms with Crippen LogP contribution in [0.5, 0.6) is 5.75 Å². The molecule has 8 heteroatoms. The van der Waals surface area contributed by atoms with E-state index < -0.39 is 10.9 Å². The monoisotopic (exact) mass is 358 g/mol. The number of benzene rings is 2. The molecule has 0 atom stereocenters. The molecule has 0 saturated carbocycles. The van der Waals surface area contributed by atoms with Crippen LogP contribution < -0.4 is 9.64 Å². The molecule has 0 N–H and O–H groups in total. The summed E-state index contributed by atoms with van der Waals surface area (Å²) in [4.78, 5) is 35.2. The third-order valence-electron chi connectivity index (χ3n) is 3.55. The van der Waals surface area contributed by atoms with Gasteiger partial charge < -0.3 is 14.4 Å². The van der Waals surface area contributed by atoms with Gasteiger partial charge in [0.2, 0.25) is 0 Å². The Hall–Kier alpha value is -3.42. The molecule has 0 unspecified atom stereocenters. The summed E-state index contributed by atoms with van der Waals surface area (Å²) in [6.07, 6.45) is 0. The molecular weight excluding hydrogens is 340 g/mol. The molecule has 0 aliphatic heterocycles. The van der Waals surface area contributed by atoms with Crippen molar-refractivity contribution in [2.24, 2.45) is 0 Å². The van der Waals surface area contributed by atoms with Gasteiger partial charge in [0.1, 0.15) is 5.75 Å². The molecule has 2 aromatic carbocycles. The zero-order chi connectivity index (χ0) is 19.1. The van der Waals surface area contributed by atoms with E-state index in [0.717, 1.165) is 0 Å². The number of amides is 1. The highest BCUT2D eigenvalue weighted by molar-refractivity contribution is 5.94. The smallest absolute Gasteiger partial charge is 0.338 e. The molecule has 0 aliphatic carbocycles. The second-order valence-electron chi connectivity index (χ2n) is 5.26. The lowest BCUT2D eigenvalue weighted by Gasteiger charge is -2.17. The largest absolute Gasteiger partial charge is 0.484 e. The van der Waals surface area contributed by atoms with E-state index in [9.17, 15) is 19.7 Å². The molecule has 0 saturated heterocycles. The van der Waals surface area contributed by atoms with E-state index >= 15 is 0 Å². The number of esters is 1. The standard InChI is InChI=1S/C18H18N2O6/c1-3-25-18(22)13-4-10-16(11-5-13)26-12-17(21)19(2)14-6-8-15(9-7-14)20(23)24/h4-11H,3,12H2,1-2H3. The van der Waals surface area contributed by atoms with Crippen molar-refractivity contribution in [3.8, 4) is 5.75 Å². The van der Waals surface area contributed by atoms with Gasteiger partial charge in [-0.15, -0.1) is 0 Å². The molecule has 2 rings (SSSR count). The minimum atomic E-state index is -0.505. The first-order chi connectivity index (χ1) is 12.4. The third-order valence-corrected chi connectivity index (χ3v) is 3.55. The predicted molar refractivity (Wildman–Crippen MR) is 94.4 cm³/mol. The molecular formula is C18H18N2O6. The van der Waals surface area contributed by atoms with Crippen molar-refractivity contribution in [1.82, 2.24) is 0 Å². The van der Waals surface area contributed by atoms with Gasteiger partial charge in [-0.2, -0.15) is 0 Å². The van der Waals surface area contributed by atoms with E-state index in [4.69, 9.17) is 9.47 Å². The molecule has 0 bridgehead atoms. The predicted octanol–water partition coefficient (Wildman–Crippen LogP) is 2.81. The Balaban J connectivity index is 1.93. The molecule has 26 heavy (non-hydrogen) atoms. The van der Waals surface area contributed by atoms with Crippen LogP contribution in [0.1, 0.15) is 17.3 Å². The number of nitro benzene ring substituents is 1. The quantitative estimate of drug-likeness (QED) is 0.429. The summed E-state index contributed by atoms with van der Waals surface area (Å²) in [7, 11) is 1.55. The molecule has 0 fully saturated rings. The average Bonchev–Trinajstić information content (AvgIpc) is 2.66. The summed E-state index contributed by atoms with van der Waals surface area (Å²) in [5, 5.41) is 10.7. The van der Waals surface area contributed by atoms with E-state index in [-0.39, 0.29) is 18.2 Å². The Kier molecular flexibility index (Phi) is 6.26. The van der Waals surface area contributed by atoms with Gasteiger partial charge in [0.15, 0.2) is 6.61 Å². The SMILES string of the molecule is CCOC(=O)c1ccc(OCC(=O)N(C)c2ccc([N+](=O)[O-])cc2)cc1. The van der Waals surface area contributed by atoms with Crippen LogP contribution in [0.2, 0.25) is 0 Å². The summed E-state index contributed by atoms with van der Waals surface area (Å²) >= 11 is 0. The summed E-state index contributed by atoms with van der Waals surface area (Å²) in [5.41, 5.74) is 0.864. The molecule has 0 radical (unpaired) electrons.